The lowest BCUT2D eigenvalue weighted by Gasteiger charge is -2.16. The van der Waals surface area contributed by atoms with Crippen molar-refractivity contribution in [2.75, 3.05) is 6.61 Å². The van der Waals surface area contributed by atoms with Crippen molar-refractivity contribution in [3.63, 3.8) is 0 Å². The quantitative estimate of drug-likeness (QED) is 0.377. The van der Waals surface area contributed by atoms with Crippen LogP contribution in [-0.4, -0.2) is 19.2 Å². The summed E-state index contributed by atoms with van der Waals surface area (Å²) in [7, 11) is -1.06. The topological polar surface area (TPSA) is 26.5 Å². The van der Waals surface area contributed by atoms with E-state index >= 15 is 0 Å². The summed E-state index contributed by atoms with van der Waals surface area (Å²) in [5.74, 6) is 0. The van der Waals surface area contributed by atoms with Gasteiger partial charge in [-0.2, -0.15) is 0 Å². The molecule has 1 aliphatic carbocycles. The van der Waals surface area contributed by atoms with Crippen LogP contribution in [0.4, 0.5) is 0 Å². The van der Waals surface area contributed by atoms with Crippen LogP contribution in [0.5, 0.6) is 0 Å². The molecule has 0 amide bonds. The van der Waals surface area contributed by atoms with E-state index in [1.54, 1.807) is 0 Å². The van der Waals surface area contributed by atoms with E-state index in [0.717, 1.165) is 27.5 Å². The molecule has 1 aromatic heterocycles. The average Bonchev–Trinajstić information content (AvgIpc) is 2.66. The molecule has 0 atom stereocenters. The van der Waals surface area contributed by atoms with Crippen LogP contribution in [0.15, 0.2) is 39.6 Å². The normalized spacial score (nSPS) is 17.0. The molecule has 1 saturated carbocycles. The monoisotopic (exact) mass is 418 g/mol. The van der Waals surface area contributed by atoms with Gasteiger partial charge in [0.2, 0.25) is 0 Å². The summed E-state index contributed by atoms with van der Waals surface area (Å²) in [6.45, 7) is 12.6. The molecule has 1 aromatic rings. The fraction of sp³-hybridized carbons (Fsp3) is 0.450. The summed E-state index contributed by atoms with van der Waals surface area (Å²) in [4.78, 5) is 4.76. The maximum absolute atomic E-state index is 5.98. The predicted molar refractivity (Wildman–Crippen MR) is 112 cm³/mol. The summed E-state index contributed by atoms with van der Waals surface area (Å²) in [6, 6.07) is 1.18. The Morgan fingerprint density at radius 1 is 1.32 bits per heavy atom. The van der Waals surface area contributed by atoms with Gasteiger partial charge in [0.25, 0.3) is 0 Å². The maximum Gasteiger partial charge on any atom is 0.122 e. The fourth-order valence-corrected chi connectivity index (χ4v) is 4.09. The van der Waals surface area contributed by atoms with Gasteiger partial charge in [-0.05, 0) is 59.0 Å². The molecule has 134 valence electrons. The highest BCUT2D eigenvalue weighted by Crippen LogP contribution is 2.26. The smallest absolute Gasteiger partial charge is 0.122 e. The number of aromatic nitrogens is 1. The van der Waals surface area contributed by atoms with Crippen LogP contribution < -0.4 is 10.7 Å². The average molecular weight is 419 g/mol. The van der Waals surface area contributed by atoms with Crippen LogP contribution in [-0.2, 0) is 11.5 Å². The molecule has 0 bridgehead atoms. The SMILES string of the molecule is C=C1C=C(Br)N=c2c(C=C3CCC3)cn(COCC[Si](C)(C)C)c2=C1. The largest absolute Gasteiger partial charge is 0.361 e. The number of hydrogen-bond acceptors (Lipinski definition) is 2. The Balaban J connectivity index is 1.90. The number of fused-ring (bicyclic) bond motifs is 1. The number of nitrogens with zero attached hydrogens (tertiary/aromatic N) is 2. The molecule has 3 rings (SSSR count). The van der Waals surface area contributed by atoms with E-state index in [-0.39, 0.29) is 0 Å². The maximum atomic E-state index is 5.98. The van der Waals surface area contributed by atoms with Crippen LogP contribution in [0.25, 0.3) is 12.2 Å². The van der Waals surface area contributed by atoms with Crippen molar-refractivity contribution in [1.29, 1.82) is 0 Å². The van der Waals surface area contributed by atoms with Gasteiger partial charge in [-0.15, -0.1) is 0 Å². The van der Waals surface area contributed by atoms with E-state index in [2.05, 4.69) is 65.1 Å². The minimum atomic E-state index is -1.06. The zero-order valence-corrected chi connectivity index (χ0v) is 18.0. The van der Waals surface area contributed by atoms with Crippen molar-refractivity contribution in [2.45, 2.75) is 51.7 Å². The minimum absolute atomic E-state index is 0.562. The Hall–Kier alpha value is -1.17. The molecule has 25 heavy (non-hydrogen) atoms. The van der Waals surface area contributed by atoms with E-state index in [1.807, 2.05) is 6.08 Å². The van der Waals surface area contributed by atoms with Gasteiger partial charge in [-0.3, -0.25) is 0 Å². The first-order valence-electron chi connectivity index (χ1n) is 8.95. The summed E-state index contributed by atoms with van der Waals surface area (Å²) in [5.41, 5.74) is 3.63. The van der Waals surface area contributed by atoms with Crippen molar-refractivity contribution in [3.05, 3.63) is 50.9 Å². The summed E-state index contributed by atoms with van der Waals surface area (Å²) >= 11 is 3.53. The third-order valence-electron chi connectivity index (χ3n) is 4.55. The van der Waals surface area contributed by atoms with Gasteiger partial charge in [-0.25, -0.2) is 4.99 Å². The van der Waals surface area contributed by atoms with Gasteiger partial charge in [0.1, 0.15) is 11.3 Å². The van der Waals surface area contributed by atoms with Crippen molar-refractivity contribution in [2.24, 2.45) is 4.99 Å². The Kier molecular flexibility index (Phi) is 5.66. The van der Waals surface area contributed by atoms with Gasteiger partial charge in [0, 0.05) is 26.4 Å². The van der Waals surface area contributed by atoms with E-state index in [1.165, 1.54) is 36.4 Å². The number of rotatable bonds is 6. The van der Waals surface area contributed by atoms with Crippen molar-refractivity contribution in [3.8, 4) is 0 Å². The van der Waals surface area contributed by atoms with Crippen LogP contribution in [0.2, 0.25) is 25.7 Å². The van der Waals surface area contributed by atoms with E-state index < -0.39 is 8.07 Å². The molecule has 0 spiro atoms. The first kappa shape index (κ1) is 18.6. The molecule has 1 aliphatic heterocycles. The van der Waals surface area contributed by atoms with Crippen LogP contribution in [0, 0.1) is 0 Å². The first-order valence-corrected chi connectivity index (χ1v) is 13.4. The fourth-order valence-electron chi connectivity index (χ4n) is 2.86. The van der Waals surface area contributed by atoms with E-state index in [9.17, 15) is 0 Å². The van der Waals surface area contributed by atoms with Gasteiger partial charge in [-0.1, -0.05) is 37.9 Å². The molecule has 5 heteroatoms. The predicted octanol–water partition coefficient (Wildman–Crippen LogP) is 4.57. The van der Waals surface area contributed by atoms with Gasteiger partial charge >= 0.3 is 0 Å². The third-order valence-corrected chi connectivity index (χ3v) is 6.66. The molecule has 0 saturated heterocycles. The Bertz CT molecular complexity index is 849. The van der Waals surface area contributed by atoms with Crippen LogP contribution in [0.1, 0.15) is 24.8 Å². The molecule has 0 unspecified atom stereocenters. The number of hydrogen-bond donors (Lipinski definition) is 0. The van der Waals surface area contributed by atoms with Crippen molar-refractivity contribution < 1.29 is 4.74 Å². The van der Waals surface area contributed by atoms with Crippen molar-refractivity contribution >= 4 is 36.2 Å². The number of halogens is 1. The van der Waals surface area contributed by atoms with Gasteiger partial charge in [0.05, 0.1) is 10.7 Å². The Morgan fingerprint density at radius 3 is 2.72 bits per heavy atom. The lowest BCUT2D eigenvalue weighted by molar-refractivity contribution is 0.0856. The highest BCUT2D eigenvalue weighted by molar-refractivity contribution is 9.11. The molecule has 2 aliphatic rings. The molecular formula is C20H27BrN2OSi. The van der Waals surface area contributed by atoms with Crippen molar-refractivity contribution in [1.82, 2.24) is 4.57 Å². The van der Waals surface area contributed by atoms with Crippen LogP contribution in [0.3, 0.4) is 0 Å². The molecule has 3 nitrogen and oxygen atoms in total. The zero-order chi connectivity index (χ0) is 18.0. The molecule has 0 radical (unpaired) electrons. The lowest BCUT2D eigenvalue weighted by Crippen LogP contribution is -2.31. The lowest BCUT2D eigenvalue weighted by atomic mass is 9.91. The summed E-state index contributed by atoms with van der Waals surface area (Å²) in [6.07, 6.45) is 12.2. The molecular weight excluding hydrogens is 392 g/mol. The Labute approximate surface area is 159 Å². The Morgan fingerprint density at radius 2 is 2.08 bits per heavy atom. The number of ether oxygens (including phenoxy) is 1. The number of allylic oxidation sites excluding steroid dienone is 3. The molecule has 0 aromatic carbocycles. The van der Waals surface area contributed by atoms with Gasteiger partial charge in [0.15, 0.2) is 0 Å². The zero-order valence-electron chi connectivity index (χ0n) is 15.4. The van der Waals surface area contributed by atoms with E-state index in [0.29, 0.717) is 6.73 Å². The summed E-state index contributed by atoms with van der Waals surface area (Å²) < 4.78 is 8.96. The molecule has 0 N–H and O–H groups in total. The minimum Gasteiger partial charge on any atom is -0.361 e. The van der Waals surface area contributed by atoms with Gasteiger partial charge < -0.3 is 9.30 Å². The second kappa shape index (κ2) is 7.60. The standard InChI is InChI=1S/C20H27BrN2OSi/c1-15-10-18-20(22-19(21)11-15)17(12-16-6-5-7-16)13-23(18)14-24-8-9-25(2,3)4/h10-13H,1,5-9,14H2,2-4H3. The molecule has 1 fully saturated rings. The second-order valence-electron chi connectivity index (χ2n) is 8.09. The second-order valence-corrected chi connectivity index (χ2v) is 14.5. The summed E-state index contributed by atoms with van der Waals surface area (Å²) in [5, 5.41) is 2.09. The highest BCUT2D eigenvalue weighted by Gasteiger charge is 2.14. The highest BCUT2D eigenvalue weighted by atomic mass is 79.9. The first-order chi connectivity index (χ1) is 11.8. The molecule has 2 heterocycles. The third kappa shape index (κ3) is 4.93. The van der Waals surface area contributed by atoms with E-state index in [4.69, 9.17) is 9.73 Å². The van der Waals surface area contributed by atoms with Crippen LogP contribution >= 0.6 is 15.9 Å².